The van der Waals surface area contributed by atoms with Gasteiger partial charge in [-0.1, -0.05) is 12.1 Å². The second-order valence-corrected chi connectivity index (χ2v) is 3.98. The number of nitriles is 1. The topological polar surface area (TPSA) is 111 Å². The lowest BCUT2D eigenvalue weighted by atomic mass is 10.2. The summed E-state index contributed by atoms with van der Waals surface area (Å²) in [5, 5.41) is 22.2. The molecule has 110 valence electrons. The molecule has 0 saturated carbocycles. The van der Waals surface area contributed by atoms with Crippen LogP contribution in [0.25, 0.3) is 0 Å². The van der Waals surface area contributed by atoms with Crippen molar-refractivity contribution in [2.24, 2.45) is 0 Å². The molecule has 0 unspecified atom stereocenters. The number of nitrogens with one attached hydrogen (secondary N) is 2. The number of carbonyl (C=O) groups is 2. The number of hydrogen-bond donors (Lipinski definition) is 3. The first-order valence-corrected chi connectivity index (χ1v) is 6.03. The molecule has 0 spiro atoms. The lowest BCUT2D eigenvalue weighted by Gasteiger charge is -2.05. The predicted octanol–water partition coefficient (Wildman–Crippen LogP) is 0.393. The second kappa shape index (κ2) is 8.22. The Balaban J connectivity index is 2.58. The highest BCUT2D eigenvalue weighted by Crippen LogP contribution is 2.12. The van der Waals surface area contributed by atoms with Crippen LogP contribution in [-0.4, -0.2) is 30.6 Å². The number of amides is 1. The van der Waals surface area contributed by atoms with Crippen LogP contribution >= 0.6 is 0 Å². The molecule has 1 rings (SSSR count). The van der Waals surface area contributed by atoms with Crippen LogP contribution in [0.15, 0.2) is 36.0 Å². The fourth-order valence-corrected chi connectivity index (χ4v) is 1.45. The van der Waals surface area contributed by atoms with E-state index in [0.29, 0.717) is 12.3 Å². The third-order valence-electron chi connectivity index (χ3n) is 2.45. The van der Waals surface area contributed by atoms with Gasteiger partial charge < -0.3 is 20.5 Å². The molecule has 0 aliphatic heterocycles. The first kappa shape index (κ1) is 16.0. The summed E-state index contributed by atoms with van der Waals surface area (Å²) in [7, 11) is 1.56. The molecule has 3 N–H and O–H groups in total. The van der Waals surface area contributed by atoms with E-state index >= 15 is 0 Å². The third kappa shape index (κ3) is 5.65. The Morgan fingerprint density at radius 2 is 2.24 bits per heavy atom. The summed E-state index contributed by atoms with van der Waals surface area (Å²) >= 11 is 0. The summed E-state index contributed by atoms with van der Waals surface area (Å²) < 4.78 is 5.08. The molecule has 1 amide bonds. The van der Waals surface area contributed by atoms with Gasteiger partial charge in [0.1, 0.15) is 23.9 Å². The van der Waals surface area contributed by atoms with E-state index < -0.39 is 18.4 Å². The van der Waals surface area contributed by atoms with Crippen LogP contribution in [-0.2, 0) is 16.1 Å². The third-order valence-corrected chi connectivity index (χ3v) is 2.45. The monoisotopic (exact) mass is 289 g/mol. The number of benzene rings is 1. The number of hydrogen-bond acceptors (Lipinski definition) is 5. The number of rotatable bonds is 7. The van der Waals surface area contributed by atoms with Crippen LogP contribution in [0.5, 0.6) is 5.75 Å². The van der Waals surface area contributed by atoms with Crippen molar-refractivity contribution in [3.63, 3.8) is 0 Å². The number of carboxylic acids is 1. The zero-order chi connectivity index (χ0) is 15.7. The van der Waals surface area contributed by atoms with E-state index in [0.717, 1.165) is 5.56 Å². The van der Waals surface area contributed by atoms with Gasteiger partial charge in [-0.05, 0) is 17.7 Å². The van der Waals surface area contributed by atoms with Crippen LogP contribution in [0, 0.1) is 11.3 Å². The number of methoxy groups -OCH3 is 1. The molecule has 1 aromatic carbocycles. The van der Waals surface area contributed by atoms with E-state index in [1.54, 1.807) is 19.2 Å². The SMILES string of the molecule is COc1cccc(CN/C=C(/C#N)C(=O)NCC(=O)O)c1. The van der Waals surface area contributed by atoms with Crippen molar-refractivity contribution in [1.29, 1.82) is 5.26 Å². The Morgan fingerprint density at radius 1 is 1.48 bits per heavy atom. The quantitative estimate of drug-likeness (QED) is 0.494. The van der Waals surface area contributed by atoms with Gasteiger partial charge in [-0.15, -0.1) is 0 Å². The minimum absolute atomic E-state index is 0.195. The highest BCUT2D eigenvalue weighted by atomic mass is 16.5. The highest BCUT2D eigenvalue weighted by molar-refractivity contribution is 5.98. The van der Waals surface area contributed by atoms with Crippen LogP contribution in [0.4, 0.5) is 0 Å². The lowest BCUT2D eigenvalue weighted by Crippen LogP contribution is -2.30. The number of carboxylic acid groups (broad SMARTS) is 1. The maximum Gasteiger partial charge on any atom is 0.322 e. The van der Waals surface area contributed by atoms with E-state index in [2.05, 4.69) is 10.6 Å². The largest absolute Gasteiger partial charge is 0.497 e. The minimum Gasteiger partial charge on any atom is -0.497 e. The van der Waals surface area contributed by atoms with E-state index in [4.69, 9.17) is 15.1 Å². The van der Waals surface area contributed by atoms with Crippen molar-refractivity contribution in [3.05, 3.63) is 41.6 Å². The van der Waals surface area contributed by atoms with E-state index in [-0.39, 0.29) is 5.57 Å². The first-order valence-electron chi connectivity index (χ1n) is 6.03. The van der Waals surface area contributed by atoms with Crippen molar-refractivity contribution in [2.45, 2.75) is 6.54 Å². The molecule has 7 nitrogen and oxygen atoms in total. The number of nitrogens with zero attached hydrogens (tertiary/aromatic N) is 1. The van der Waals surface area contributed by atoms with E-state index in [1.807, 2.05) is 18.2 Å². The zero-order valence-corrected chi connectivity index (χ0v) is 11.4. The first-order chi connectivity index (χ1) is 10.1. The summed E-state index contributed by atoms with van der Waals surface area (Å²) in [6.07, 6.45) is 1.25. The summed E-state index contributed by atoms with van der Waals surface area (Å²) in [6.45, 7) is -0.137. The summed E-state index contributed by atoms with van der Waals surface area (Å²) in [4.78, 5) is 21.8. The van der Waals surface area contributed by atoms with Crippen molar-refractivity contribution in [1.82, 2.24) is 10.6 Å². The molecule has 0 saturated heterocycles. The smallest absolute Gasteiger partial charge is 0.322 e. The zero-order valence-electron chi connectivity index (χ0n) is 11.4. The second-order valence-electron chi connectivity index (χ2n) is 3.98. The molecule has 1 aromatic rings. The average Bonchev–Trinajstić information content (AvgIpc) is 2.49. The number of aliphatic carboxylic acids is 1. The normalized spacial score (nSPS) is 10.4. The molecule has 21 heavy (non-hydrogen) atoms. The molecule has 0 fully saturated rings. The summed E-state index contributed by atoms with van der Waals surface area (Å²) in [5.74, 6) is -1.21. The lowest BCUT2D eigenvalue weighted by molar-refractivity contribution is -0.137. The number of ether oxygens (including phenoxy) is 1. The van der Waals surface area contributed by atoms with Gasteiger partial charge in [0.25, 0.3) is 5.91 Å². The van der Waals surface area contributed by atoms with Gasteiger partial charge in [0.15, 0.2) is 0 Å². The van der Waals surface area contributed by atoms with Gasteiger partial charge in [0.05, 0.1) is 7.11 Å². The standard InChI is InChI=1S/C14H15N3O4/c1-21-12-4-2-3-10(5-12)7-16-8-11(6-15)14(20)17-9-13(18)19/h2-5,8,16H,7,9H2,1H3,(H,17,20)(H,18,19)/b11-8-. The Morgan fingerprint density at radius 3 is 2.86 bits per heavy atom. The van der Waals surface area contributed by atoms with Crippen LogP contribution in [0.3, 0.4) is 0 Å². The molecule has 0 aliphatic rings. The Bertz CT molecular complexity index is 590. The molecular weight excluding hydrogens is 274 g/mol. The van der Waals surface area contributed by atoms with Crippen LogP contribution < -0.4 is 15.4 Å². The van der Waals surface area contributed by atoms with Crippen molar-refractivity contribution < 1.29 is 19.4 Å². The van der Waals surface area contributed by atoms with Gasteiger partial charge in [0.2, 0.25) is 0 Å². The average molecular weight is 289 g/mol. The maximum absolute atomic E-state index is 11.5. The molecule has 0 heterocycles. The molecule has 7 heteroatoms. The van der Waals surface area contributed by atoms with Gasteiger partial charge >= 0.3 is 5.97 Å². The Labute approximate surface area is 121 Å². The molecule has 0 aromatic heterocycles. The minimum atomic E-state index is -1.18. The fraction of sp³-hybridized carbons (Fsp3) is 0.214. The summed E-state index contributed by atoms with van der Waals surface area (Å²) in [5.41, 5.74) is 0.716. The highest BCUT2D eigenvalue weighted by Gasteiger charge is 2.09. The van der Waals surface area contributed by atoms with Crippen LogP contribution in [0.2, 0.25) is 0 Å². The molecule has 0 atom stereocenters. The van der Waals surface area contributed by atoms with E-state index in [1.165, 1.54) is 6.20 Å². The predicted molar refractivity (Wildman–Crippen MR) is 74.2 cm³/mol. The van der Waals surface area contributed by atoms with E-state index in [9.17, 15) is 9.59 Å². The molecule has 0 aliphatic carbocycles. The van der Waals surface area contributed by atoms with Crippen molar-refractivity contribution >= 4 is 11.9 Å². The van der Waals surface area contributed by atoms with Gasteiger partial charge in [0, 0.05) is 12.7 Å². The Hall–Kier alpha value is -3.01. The van der Waals surface area contributed by atoms with Crippen molar-refractivity contribution in [2.75, 3.05) is 13.7 Å². The van der Waals surface area contributed by atoms with Gasteiger partial charge in [-0.2, -0.15) is 5.26 Å². The van der Waals surface area contributed by atoms with Crippen molar-refractivity contribution in [3.8, 4) is 11.8 Å². The number of carbonyl (C=O) groups excluding carboxylic acids is 1. The molecule has 0 bridgehead atoms. The van der Waals surface area contributed by atoms with Crippen LogP contribution in [0.1, 0.15) is 5.56 Å². The summed E-state index contributed by atoms with van der Waals surface area (Å²) in [6, 6.07) is 9.01. The molecular formula is C14H15N3O4. The van der Waals surface area contributed by atoms with Gasteiger partial charge in [-0.25, -0.2) is 0 Å². The maximum atomic E-state index is 11.5. The Kier molecular flexibility index (Phi) is 6.28. The van der Waals surface area contributed by atoms with Gasteiger partial charge in [-0.3, -0.25) is 9.59 Å². The fourth-order valence-electron chi connectivity index (χ4n) is 1.45. The molecule has 0 radical (unpaired) electrons.